The van der Waals surface area contributed by atoms with Crippen molar-refractivity contribution >= 4 is 11.8 Å². The molecule has 1 fully saturated rings. The van der Waals surface area contributed by atoms with Crippen LogP contribution in [0.2, 0.25) is 0 Å². The SMILES string of the molecule is Cc1cccc2c1OCCCC2NCCN1CCSCC1. The fourth-order valence-corrected chi connectivity index (χ4v) is 4.18. The first-order valence-corrected chi connectivity index (χ1v) is 9.26. The molecule has 1 atom stereocenters. The monoisotopic (exact) mass is 306 g/mol. The molecule has 0 radical (unpaired) electrons. The number of hydrogen-bond acceptors (Lipinski definition) is 4. The first kappa shape index (κ1) is 15.2. The third-order valence-corrected chi connectivity index (χ3v) is 5.37. The van der Waals surface area contributed by atoms with E-state index in [-0.39, 0.29) is 0 Å². The van der Waals surface area contributed by atoms with Gasteiger partial charge < -0.3 is 15.0 Å². The van der Waals surface area contributed by atoms with Crippen molar-refractivity contribution in [3.05, 3.63) is 29.3 Å². The van der Waals surface area contributed by atoms with E-state index in [1.165, 1.54) is 48.7 Å². The smallest absolute Gasteiger partial charge is 0.126 e. The maximum absolute atomic E-state index is 5.95. The molecule has 2 heterocycles. The second-order valence-corrected chi connectivity index (χ2v) is 7.17. The lowest BCUT2D eigenvalue weighted by Crippen LogP contribution is -2.38. The van der Waals surface area contributed by atoms with Crippen molar-refractivity contribution in [3.63, 3.8) is 0 Å². The van der Waals surface area contributed by atoms with Crippen molar-refractivity contribution in [3.8, 4) is 5.75 Å². The van der Waals surface area contributed by atoms with Gasteiger partial charge in [-0.2, -0.15) is 11.8 Å². The van der Waals surface area contributed by atoms with Crippen LogP contribution < -0.4 is 10.1 Å². The summed E-state index contributed by atoms with van der Waals surface area (Å²) in [6, 6.07) is 6.97. The van der Waals surface area contributed by atoms with Crippen LogP contribution in [0.5, 0.6) is 5.75 Å². The molecular formula is C17H26N2OS. The van der Waals surface area contributed by atoms with Crippen LogP contribution in [0.4, 0.5) is 0 Å². The van der Waals surface area contributed by atoms with Gasteiger partial charge in [0, 0.05) is 49.3 Å². The molecule has 0 bridgehead atoms. The number of nitrogens with zero attached hydrogens (tertiary/aromatic N) is 1. The molecule has 3 nitrogen and oxygen atoms in total. The Kier molecular flexibility index (Phi) is 5.44. The lowest BCUT2D eigenvalue weighted by molar-refractivity contribution is 0.292. The Morgan fingerprint density at radius 1 is 1.33 bits per heavy atom. The number of rotatable bonds is 4. The number of benzene rings is 1. The first-order chi connectivity index (χ1) is 10.3. The van der Waals surface area contributed by atoms with Crippen LogP contribution in [-0.4, -0.2) is 49.2 Å². The summed E-state index contributed by atoms with van der Waals surface area (Å²) in [6.45, 7) is 7.72. The largest absolute Gasteiger partial charge is 0.493 e. The number of thioether (sulfide) groups is 1. The molecule has 0 aromatic heterocycles. The van der Waals surface area contributed by atoms with Gasteiger partial charge in [-0.15, -0.1) is 0 Å². The summed E-state index contributed by atoms with van der Waals surface area (Å²) in [5.41, 5.74) is 2.61. The second kappa shape index (κ2) is 7.52. The van der Waals surface area contributed by atoms with Crippen LogP contribution in [-0.2, 0) is 0 Å². The molecule has 2 aliphatic heterocycles. The standard InChI is InChI=1S/C17H26N2OS/c1-14-4-2-5-15-16(6-3-11-20-17(14)15)18-7-8-19-9-12-21-13-10-19/h2,4-5,16,18H,3,6-13H2,1H3. The molecule has 1 N–H and O–H groups in total. The van der Waals surface area contributed by atoms with E-state index in [1.54, 1.807) is 0 Å². The number of aryl methyl sites for hydroxylation is 1. The van der Waals surface area contributed by atoms with Gasteiger partial charge in [0.1, 0.15) is 5.75 Å². The van der Waals surface area contributed by atoms with E-state index in [4.69, 9.17) is 4.74 Å². The minimum Gasteiger partial charge on any atom is -0.493 e. The zero-order valence-corrected chi connectivity index (χ0v) is 13.8. The van der Waals surface area contributed by atoms with Crippen molar-refractivity contribution in [1.82, 2.24) is 10.2 Å². The summed E-state index contributed by atoms with van der Waals surface area (Å²) >= 11 is 2.08. The third kappa shape index (κ3) is 3.93. The average molecular weight is 306 g/mol. The van der Waals surface area contributed by atoms with Gasteiger partial charge in [0.25, 0.3) is 0 Å². The number of ether oxygens (including phenoxy) is 1. The van der Waals surface area contributed by atoms with E-state index in [1.807, 2.05) is 0 Å². The van der Waals surface area contributed by atoms with Gasteiger partial charge in [-0.25, -0.2) is 0 Å². The highest BCUT2D eigenvalue weighted by atomic mass is 32.2. The van der Waals surface area contributed by atoms with Crippen molar-refractivity contribution in [1.29, 1.82) is 0 Å². The highest BCUT2D eigenvalue weighted by Gasteiger charge is 2.20. The quantitative estimate of drug-likeness (QED) is 0.924. The molecule has 1 aromatic carbocycles. The van der Waals surface area contributed by atoms with E-state index in [9.17, 15) is 0 Å². The Balaban J connectivity index is 1.59. The van der Waals surface area contributed by atoms with Crippen LogP contribution in [0.3, 0.4) is 0 Å². The van der Waals surface area contributed by atoms with Gasteiger partial charge in [-0.3, -0.25) is 0 Å². The molecule has 0 spiro atoms. The fraction of sp³-hybridized carbons (Fsp3) is 0.647. The molecule has 116 valence electrons. The summed E-state index contributed by atoms with van der Waals surface area (Å²) in [6.07, 6.45) is 2.30. The maximum atomic E-state index is 5.95. The van der Waals surface area contributed by atoms with Crippen LogP contribution >= 0.6 is 11.8 Å². The highest BCUT2D eigenvalue weighted by molar-refractivity contribution is 7.99. The van der Waals surface area contributed by atoms with Gasteiger partial charge >= 0.3 is 0 Å². The molecule has 0 amide bonds. The van der Waals surface area contributed by atoms with E-state index >= 15 is 0 Å². The zero-order chi connectivity index (χ0) is 14.5. The predicted octanol–water partition coefficient (Wildman–Crippen LogP) is 2.85. The Morgan fingerprint density at radius 2 is 2.19 bits per heavy atom. The number of para-hydroxylation sites is 1. The van der Waals surface area contributed by atoms with Gasteiger partial charge in [-0.05, 0) is 25.3 Å². The van der Waals surface area contributed by atoms with E-state index in [2.05, 4.69) is 47.1 Å². The number of hydrogen-bond donors (Lipinski definition) is 1. The van der Waals surface area contributed by atoms with Crippen LogP contribution in [0.1, 0.15) is 30.0 Å². The van der Waals surface area contributed by atoms with Gasteiger partial charge in [0.15, 0.2) is 0 Å². The number of fused-ring (bicyclic) bond motifs is 1. The van der Waals surface area contributed by atoms with E-state index in [0.29, 0.717) is 6.04 Å². The third-order valence-electron chi connectivity index (χ3n) is 4.42. The minimum absolute atomic E-state index is 0.446. The highest BCUT2D eigenvalue weighted by Crippen LogP contribution is 2.33. The van der Waals surface area contributed by atoms with Crippen LogP contribution in [0.25, 0.3) is 0 Å². The Labute approximate surface area is 132 Å². The number of nitrogens with one attached hydrogen (secondary N) is 1. The van der Waals surface area contributed by atoms with Crippen LogP contribution in [0.15, 0.2) is 18.2 Å². The molecule has 1 saturated heterocycles. The Hall–Kier alpha value is -0.710. The fourth-order valence-electron chi connectivity index (χ4n) is 3.20. The molecule has 4 heteroatoms. The van der Waals surface area contributed by atoms with Crippen molar-refractivity contribution in [2.75, 3.05) is 44.3 Å². The molecule has 0 saturated carbocycles. The second-order valence-electron chi connectivity index (χ2n) is 5.94. The molecule has 0 aliphatic carbocycles. The molecule has 2 aliphatic rings. The first-order valence-electron chi connectivity index (χ1n) is 8.10. The van der Waals surface area contributed by atoms with E-state index in [0.717, 1.165) is 25.3 Å². The lowest BCUT2D eigenvalue weighted by Gasteiger charge is -2.27. The average Bonchev–Trinajstić information content (AvgIpc) is 2.72. The minimum atomic E-state index is 0.446. The van der Waals surface area contributed by atoms with Gasteiger partial charge in [-0.1, -0.05) is 18.2 Å². The lowest BCUT2D eigenvalue weighted by atomic mass is 10.00. The summed E-state index contributed by atoms with van der Waals surface area (Å²) in [5.74, 6) is 3.69. The van der Waals surface area contributed by atoms with Crippen molar-refractivity contribution in [2.24, 2.45) is 0 Å². The molecule has 1 unspecified atom stereocenters. The van der Waals surface area contributed by atoms with E-state index < -0.39 is 0 Å². The maximum Gasteiger partial charge on any atom is 0.126 e. The topological polar surface area (TPSA) is 24.5 Å². The summed E-state index contributed by atoms with van der Waals surface area (Å²) in [5, 5.41) is 3.76. The molecule has 21 heavy (non-hydrogen) atoms. The van der Waals surface area contributed by atoms with Crippen molar-refractivity contribution < 1.29 is 4.74 Å². The van der Waals surface area contributed by atoms with Crippen LogP contribution in [0, 0.1) is 6.92 Å². The van der Waals surface area contributed by atoms with Gasteiger partial charge in [0.05, 0.1) is 6.61 Å². The molecule has 1 aromatic rings. The zero-order valence-electron chi connectivity index (χ0n) is 12.9. The summed E-state index contributed by atoms with van der Waals surface area (Å²) in [7, 11) is 0. The molecule has 3 rings (SSSR count). The Bertz CT molecular complexity index is 460. The van der Waals surface area contributed by atoms with Crippen molar-refractivity contribution in [2.45, 2.75) is 25.8 Å². The molecular weight excluding hydrogens is 280 g/mol. The Morgan fingerprint density at radius 3 is 3.05 bits per heavy atom. The summed E-state index contributed by atoms with van der Waals surface area (Å²) < 4.78 is 5.95. The summed E-state index contributed by atoms with van der Waals surface area (Å²) in [4.78, 5) is 2.58. The predicted molar refractivity (Wildman–Crippen MR) is 90.4 cm³/mol. The normalized spacial score (nSPS) is 23.2. The van der Waals surface area contributed by atoms with Gasteiger partial charge in [0.2, 0.25) is 0 Å².